The minimum absolute atomic E-state index is 0.00820. The van der Waals surface area contributed by atoms with Gasteiger partial charge in [-0.05, 0) is 37.1 Å². The fraction of sp³-hybridized carbons (Fsp3) is 0.174. The molecule has 0 saturated heterocycles. The Bertz CT molecular complexity index is 1100. The average molecular weight is 370 g/mol. The van der Waals surface area contributed by atoms with E-state index in [9.17, 15) is 4.79 Å². The first-order valence-electron chi connectivity index (χ1n) is 9.42. The molecule has 0 spiro atoms. The SMILES string of the molecule is CC[C@H](C(=O)Nc1ccc(-c2cn3ccc(C)nc3n2)cc1)c1ccccc1. The van der Waals surface area contributed by atoms with E-state index >= 15 is 0 Å². The number of amides is 1. The molecule has 28 heavy (non-hydrogen) atoms. The zero-order valence-electron chi connectivity index (χ0n) is 16.0. The lowest BCUT2D eigenvalue weighted by atomic mass is 9.95. The minimum atomic E-state index is -0.159. The molecule has 2 aromatic heterocycles. The molecule has 1 atom stereocenters. The summed E-state index contributed by atoms with van der Waals surface area (Å²) in [7, 11) is 0. The van der Waals surface area contributed by atoms with Crippen LogP contribution in [-0.2, 0) is 4.79 Å². The van der Waals surface area contributed by atoms with E-state index in [-0.39, 0.29) is 11.8 Å². The minimum Gasteiger partial charge on any atom is -0.326 e. The van der Waals surface area contributed by atoms with E-state index in [1.165, 1.54) is 0 Å². The van der Waals surface area contributed by atoms with Crippen molar-refractivity contribution in [3.05, 3.63) is 84.3 Å². The molecule has 1 N–H and O–H groups in total. The number of imidazole rings is 1. The molecule has 0 unspecified atom stereocenters. The van der Waals surface area contributed by atoms with Gasteiger partial charge in [0.05, 0.1) is 11.6 Å². The summed E-state index contributed by atoms with van der Waals surface area (Å²) in [5, 5.41) is 3.03. The number of rotatable bonds is 5. The molecule has 0 bridgehead atoms. The zero-order chi connectivity index (χ0) is 19.5. The van der Waals surface area contributed by atoms with Crippen molar-refractivity contribution in [2.75, 3.05) is 5.32 Å². The summed E-state index contributed by atoms with van der Waals surface area (Å²) >= 11 is 0. The highest BCUT2D eigenvalue weighted by molar-refractivity contribution is 5.96. The molecule has 1 amide bonds. The Morgan fingerprint density at radius 2 is 1.79 bits per heavy atom. The first-order chi connectivity index (χ1) is 13.6. The van der Waals surface area contributed by atoms with E-state index in [1.54, 1.807) is 0 Å². The number of carbonyl (C=O) groups excluding carboxylic acids is 1. The van der Waals surface area contributed by atoms with Gasteiger partial charge in [-0.2, -0.15) is 0 Å². The molecule has 0 aliphatic carbocycles. The Labute approximate surface area is 164 Å². The predicted molar refractivity (Wildman–Crippen MR) is 111 cm³/mol. The van der Waals surface area contributed by atoms with Crippen molar-refractivity contribution in [2.45, 2.75) is 26.2 Å². The number of aromatic nitrogens is 3. The van der Waals surface area contributed by atoms with Gasteiger partial charge in [-0.25, -0.2) is 9.97 Å². The number of anilines is 1. The number of hydrogen-bond donors (Lipinski definition) is 1. The lowest BCUT2D eigenvalue weighted by Gasteiger charge is -2.15. The Hall–Kier alpha value is -3.47. The van der Waals surface area contributed by atoms with Crippen LogP contribution >= 0.6 is 0 Å². The van der Waals surface area contributed by atoms with Crippen molar-refractivity contribution in [1.29, 1.82) is 0 Å². The van der Waals surface area contributed by atoms with Crippen LogP contribution in [0.15, 0.2) is 73.1 Å². The molecule has 2 aromatic carbocycles. The van der Waals surface area contributed by atoms with Gasteiger partial charge in [-0.3, -0.25) is 9.20 Å². The molecule has 0 radical (unpaired) electrons. The number of benzene rings is 2. The fourth-order valence-electron chi connectivity index (χ4n) is 3.31. The van der Waals surface area contributed by atoms with Gasteiger partial charge in [0.15, 0.2) is 0 Å². The summed E-state index contributed by atoms with van der Waals surface area (Å²) in [6.07, 6.45) is 4.66. The molecule has 5 nitrogen and oxygen atoms in total. The van der Waals surface area contributed by atoms with E-state index in [0.29, 0.717) is 5.78 Å². The number of hydrogen-bond acceptors (Lipinski definition) is 3. The first-order valence-corrected chi connectivity index (χ1v) is 9.42. The average Bonchev–Trinajstić information content (AvgIpc) is 3.13. The maximum absolute atomic E-state index is 12.7. The van der Waals surface area contributed by atoms with E-state index < -0.39 is 0 Å². The highest BCUT2D eigenvalue weighted by atomic mass is 16.1. The normalized spacial score (nSPS) is 12.1. The van der Waals surface area contributed by atoms with Crippen LogP contribution < -0.4 is 5.32 Å². The van der Waals surface area contributed by atoms with Crippen LogP contribution in [0.5, 0.6) is 0 Å². The van der Waals surface area contributed by atoms with Crippen molar-refractivity contribution >= 4 is 17.4 Å². The van der Waals surface area contributed by atoms with Gasteiger partial charge in [0.1, 0.15) is 0 Å². The van der Waals surface area contributed by atoms with Crippen LogP contribution in [-0.4, -0.2) is 20.3 Å². The molecule has 4 rings (SSSR count). The molecule has 4 aromatic rings. The number of nitrogens with zero attached hydrogens (tertiary/aromatic N) is 3. The van der Waals surface area contributed by atoms with Gasteiger partial charge in [0.2, 0.25) is 11.7 Å². The molecule has 0 fully saturated rings. The Balaban J connectivity index is 1.51. The standard InChI is InChI=1S/C23H22N4O/c1-3-20(17-7-5-4-6-8-17)22(28)25-19-11-9-18(10-12-19)21-15-27-14-13-16(2)24-23(27)26-21/h4-15,20H,3H2,1-2H3,(H,25,28)/t20-/m0/s1. The third-order valence-electron chi connectivity index (χ3n) is 4.84. The van der Waals surface area contributed by atoms with E-state index in [0.717, 1.165) is 34.6 Å². The summed E-state index contributed by atoms with van der Waals surface area (Å²) in [6.45, 7) is 3.98. The summed E-state index contributed by atoms with van der Waals surface area (Å²) in [4.78, 5) is 21.7. The molecular weight excluding hydrogens is 348 g/mol. The second-order valence-corrected chi connectivity index (χ2v) is 6.84. The predicted octanol–water partition coefficient (Wildman–Crippen LogP) is 4.84. The highest BCUT2D eigenvalue weighted by Crippen LogP contribution is 2.24. The van der Waals surface area contributed by atoms with Gasteiger partial charge < -0.3 is 5.32 Å². The Kier molecular flexibility index (Phi) is 4.89. The summed E-state index contributed by atoms with van der Waals surface area (Å²) < 4.78 is 1.91. The smallest absolute Gasteiger partial charge is 0.234 e. The van der Waals surface area contributed by atoms with Crippen LogP contribution in [0.4, 0.5) is 5.69 Å². The largest absolute Gasteiger partial charge is 0.326 e. The van der Waals surface area contributed by atoms with Crippen molar-refractivity contribution in [3.63, 3.8) is 0 Å². The van der Waals surface area contributed by atoms with Crippen LogP contribution in [0, 0.1) is 6.92 Å². The number of nitrogens with one attached hydrogen (secondary N) is 1. The van der Waals surface area contributed by atoms with Crippen molar-refractivity contribution in [2.24, 2.45) is 0 Å². The molecule has 2 heterocycles. The third-order valence-corrected chi connectivity index (χ3v) is 4.84. The highest BCUT2D eigenvalue weighted by Gasteiger charge is 2.18. The maximum atomic E-state index is 12.7. The van der Waals surface area contributed by atoms with Crippen LogP contribution in [0.2, 0.25) is 0 Å². The Morgan fingerprint density at radius 1 is 1.04 bits per heavy atom. The van der Waals surface area contributed by atoms with E-state index in [2.05, 4.69) is 15.3 Å². The zero-order valence-corrected chi connectivity index (χ0v) is 16.0. The second kappa shape index (κ2) is 7.64. The lowest BCUT2D eigenvalue weighted by molar-refractivity contribution is -0.117. The van der Waals surface area contributed by atoms with E-state index in [4.69, 9.17) is 0 Å². The molecule has 0 aliphatic heterocycles. The fourth-order valence-corrected chi connectivity index (χ4v) is 3.31. The van der Waals surface area contributed by atoms with Gasteiger partial charge in [0.25, 0.3) is 0 Å². The first kappa shape index (κ1) is 17.9. The molecule has 140 valence electrons. The number of fused-ring (bicyclic) bond motifs is 1. The Morgan fingerprint density at radius 3 is 2.50 bits per heavy atom. The topological polar surface area (TPSA) is 59.3 Å². The van der Waals surface area contributed by atoms with Crippen molar-refractivity contribution in [1.82, 2.24) is 14.4 Å². The summed E-state index contributed by atoms with van der Waals surface area (Å²) in [6, 6.07) is 19.6. The summed E-state index contributed by atoms with van der Waals surface area (Å²) in [5.74, 6) is 0.531. The molecular formula is C23H22N4O. The van der Waals surface area contributed by atoms with E-state index in [1.807, 2.05) is 91.3 Å². The molecule has 0 saturated carbocycles. The molecule has 0 aliphatic rings. The third kappa shape index (κ3) is 3.64. The van der Waals surface area contributed by atoms with Crippen molar-refractivity contribution in [3.8, 4) is 11.3 Å². The number of aryl methyl sites for hydroxylation is 1. The van der Waals surface area contributed by atoms with Gasteiger partial charge in [-0.1, -0.05) is 49.4 Å². The lowest BCUT2D eigenvalue weighted by Crippen LogP contribution is -2.20. The van der Waals surface area contributed by atoms with Crippen LogP contribution in [0.1, 0.15) is 30.5 Å². The van der Waals surface area contributed by atoms with Gasteiger partial charge in [0, 0.05) is 29.3 Å². The number of carbonyl (C=O) groups is 1. The molecule has 5 heteroatoms. The van der Waals surface area contributed by atoms with Crippen molar-refractivity contribution < 1.29 is 4.79 Å². The monoisotopic (exact) mass is 370 g/mol. The quantitative estimate of drug-likeness (QED) is 0.547. The van der Waals surface area contributed by atoms with Gasteiger partial charge >= 0.3 is 0 Å². The summed E-state index contributed by atoms with van der Waals surface area (Å²) in [5.41, 5.74) is 4.59. The van der Waals surface area contributed by atoms with Crippen LogP contribution in [0.3, 0.4) is 0 Å². The van der Waals surface area contributed by atoms with Crippen LogP contribution in [0.25, 0.3) is 17.0 Å². The second-order valence-electron chi connectivity index (χ2n) is 6.84. The maximum Gasteiger partial charge on any atom is 0.234 e. The van der Waals surface area contributed by atoms with Gasteiger partial charge in [-0.15, -0.1) is 0 Å².